The summed E-state index contributed by atoms with van der Waals surface area (Å²) in [6.45, 7) is 5.26. The van der Waals surface area contributed by atoms with E-state index in [2.05, 4.69) is 15.3 Å². The average molecular weight is 454 g/mol. The van der Waals surface area contributed by atoms with Gasteiger partial charge in [0, 0.05) is 11.0 Å². The van der Waals surface area contributed by atoms with Crippen LogP contribution in [0.2, 0.25) is 0 Å². The number of benzene rings is 1. The number of nitrogens with zero attached hydrogens (tertiary/aromatic N) is 2. The van der Waals surface area contributed by atoms with Crippen molar-refractivity contribution >= 4 is 51.3 Å². The molecule has 2 heterocycles. The molecule has 2 aromatic heterocycles. The van der Waals surface area contributed by atoms with Gasteiger partial charge in [0.25, 0.3) is 5.91 Å². The first-order valence-corrected chi connectivity index (χ1v) is 10.9. The first kappa shape index (κ1) is 23.1. The molecule has 0 bridgehead atoms. The monoisotopic (exact) mass is 453 g/mol. The first-order chi connectivity index (χ1) is 15.4. The minimum absolute atomic E-state index is 0.232. The zero-order chi connectivity index (χ0) is 23.1. The SMILES string of the molecule is CCOC(=O)c1c(NC(=O)COC(=O)/C=C/c2cnc3ccccc3n2)sc(C)c1CC. The lowest BCUT2D eigenvalue weighted by Gasteiger charge is -2.08. The Bertz CT molecular complexity index is 1190. The number of amides is 1. The van der Waals surface area contributed by atoms with Gasteiger partial charge < -0.3 is 14.8 Å². The lowest BCUT2D eigenvalue weighted by Crippen LogP contribution is -2.21. The van der Waals surface area contributed by atoms with Gasteiger partial charge in [0.1, 0.15) is 5.00 Å². The number of thiophene rings is 1. The Kier molecular flexibility index (Phi) is 7.67. The summed E-state index contributed by atoms with van der Waals surface area (Å²) in [5.74, 6) is -1.73. The molecule has 8 nitrogen and oxygen atoms in total. The fraction of sp³-hybridized carbons (Fsp3) is 0.261. The normalized spacial score (nSPS) is 11.0. The number of ether oxygens (including phenoxy) is 2. The highest BCUT2D eigenvalue weighted by Gasteiger charge is 2.23. The maximum Gasteiger partial charge on any atom is 0.341 e. The summed E-state index contributed by atoms with van der Waals surface area (Å²) in [6, 6.07) is 7.38. The fourth-order valence-electron chi connectivity index (χ4n) is 3.06. The van der Waals surface area contributed by atoms with E-state index in [0.29, 0.717) is 28.2 Å². The number of nitrogens with one attached hydrogen (secondary N) is 1. The summed E-state index contributed by atoms with van der Waals surface area (Å²) < 4.78 is 10.1. The van der Waals surface area contributed by atoms with Gasteiger partial charge in [-0.1, -0.05) is 19.1 Å². The predicted octanol–water partition coefficient (Wildman–Crippen LogP) is 3.93. The van der Waals surface area contributed by atoms with Crippen molar-refractivity contribution in [1.29, 1.82) is 0 Å². The second-order valence-corrected chi connectivity index (χ2v) is 7.91. The number of hydrogen-bond donors (Lipinski definition) is 1. The number of carbonyl (C=O) groups excluding carboxylic acids is 3. The number of rotatable bonds is 8. The van der Waals surface area contributed by atoms with Crippen LogP contribution in [0.5, 0.6) is 0 Å². The van der Waals surface area contributed by atoms with Crippen molar-refractivity contribution in [3.63, 3.8) is 0 Å². The van der Waals surface area contributed by atoms with Crippen LogP contribution in [0.25, 0.3) is 17.1 Å². The summed E-state index contributed by atoms with van der Waals surface area (Å²) in [5.41, 5.74) is 3.13. The molecule has 0 saturated carbocycles. The molecule has 166 valence electrons. The lowest BCUT2D eigenvalue weighted by molar-refractivity contribution is -0.142. The molecule has 0 saturated heterocycles. The third-order valence-corrected chi connectivity index (χ3v) is 5.56. The van der Waals surface area contributed by atoms with Crippen LogP contribution in [0.3, 0.4) is 0 Å². The standard InChI is InChI=1S/C23H23N3O5S/c1-4-16-14(3)32-22(21(16)23(29)30-5-2)26-19(27)13-31-20(28)11-10-15-12-24-17-8-6-7-9-18(17)25-15/h6-12H,4-5,13H2,1-3H3,(H,26,27)/b11-10+. The van der Waals surface area contributed by atoms with Crippen LogP contribution < -0.4 is 5.32 Å². The van der Waals surface area contributed by atoms with Gasteiger partial charge >= 0.3 is 11.9 Å². The van der Waals surface area contributed by atoms with E-state index in [0.717, 1.165) is 16.0 Å². The van der Waals surface area contributed by atoms with Gasteiger partial charge in [0.15, 0.2) is 6.61 Å². The Morgan fingerprint density at radius 2 is 1.88 bits per heavy atom. The Balaban J connectivity index is 1.60. The number of aromatic nitrogens is 2. The van der Waals surface area contributed by atoms with Gasteiger partial charge in [-0.25, -0.2) is 14.6 Å². The fourth-order valence-corrected chi connectivity index (χ4v) is 4.21. The van der Waals surface area contributed by atoms with Crippen LogP contribution in [-0.4, -0.2) is 41.0 Å². The van der Waals surface area contributed by atoms with Crippen LogP contribution in [0, 0.1) is 6.92 Å². The van der Waals surface area contributed by atoms with Crippen LogP contribution in [0.4, 0.5) is 5.00 Å². The van der Waals surface area contributed by atoms with E-state index in [1.54, 1.807) is 13.1 Å². The van der Waals surface area contributed by atoms with E-state index in [4.69, 9.17) is 9.47 Å². The Morgan fingerprint density at radius 3 is 2.59 bits per heavy atom. The van der Waals surface area contributed by atoms with Crippen LogP contribution in [0.15, 0.2) is 36.5 Å². The molecule has 9 heteroatoms. The summed E-state index contributed by atoms with van der Waals surface area (Å²) in [6.07, 6.45) is 4.82. The highest BCUT2D eigenvalue weighted by atomic mass is 32.1. The minimum Gasteiger partial charge on any atom is -0.462 e. The van der Waals surface area contributed by atoms with Crippen molar-refractivity contribution in [1.82, 2.24) is 9.97 Å². The van der Waals surface area contributed by atoms with Crippen molar-refractivity contribution in [2.24, 2.45) is 0 Å². The summed E-state index contributed by atoms with van der Waals surface area (Å²) in [5, 5.41) is 3.04. The molecular formula is C23H23N3O5S. The predicted molar refractivity (Wildman–Crippen MR) is 123 cm³/mol. The number of carbonyl (C=O) groups is 3. The molecule has 1 N–H and O–H groups in total. The molecule has 3 aromatic rings. The third-order valence-electron chi connectivity index (χ3n) is 4.50. The second kappa shape index (κ2) is 10.6. The Labute approximate surface area is 189 Å². The molecule has 1 aromatic carbocycles. The van der Waals surface area contributed by atoms with E-state index in [1.165, 1.54) is 23.5 Å². The quantitative estimate of drug-likeness (QED) is 0.407. The van der Waals surface area contributed by atoms with Crippen molar-refractivity contribution in [2.75, 3.05) is 18.5 Å². The maximum absolute atomic E-state index is 12.3. The average Bonchev–Trinajstić information content (AvgIpc) is 3.10. The van der Waals surface area contributed by atoms with E-state index < -0.39 is 24.5 Å². The molecule has 3 rings (SSSR count). The van der Waals surface area contributed by atoms with E-state index in [9.17, 15) is 14.4 Å². The van der Waals surface area contributed by atoms with Gasteiger partial charge in [0.05, 0.1) is 35.1 Å². The van der Waals surface area contributed by atoms with Crippen LogP contribution in [0.1, 0.15) is 40.3 Å². The Morgan fingerprint density at radius 1 is 1.12 bits per heavy atom. The van der Waals surface area contributed by atoms with Crippen LogP contribution >= 0.6 is 11.3 Å². The van der Waals surface area contributed by atoms with E-state index >= 15 is 0 Å². The highest BCUT2D eigenvalue weighted by molar-refractivity contribution is 7.16. The number of para-hydroxylation sites is 2. The molecule has 0 aliphatic heterocycles. The molecule has 0 radical (unpaired) electrons. The van der Waals surface area contributed by atoms with Gasteiger partial charge in [-0.2, -0.15) is 0 Å². The topological polar surface area (TPSA) is 107 Å². The second-order valence-electron chi connectivity index (χ2n) is 6.69. The third kappa shape index (κ3) is 5.55. The van der Waals surface area contributed by atoms with Crippen LogP contribution in [-0.2, 0) is 25.5 Å². The van der Waals surface area contributed by atoms with Gasteiger partial charge in [0.2, 0.25) is 0 Å². The largest absolute Gasteiger partial charge is 0.462 e. The van der Waals surface area contributed by atoms with Crippen molar-refractivity contribution in [3.05, 3.63) is 58.2 Å². The minimum atomic E-state index is -0.697. The van der Waals surface area contributed by atoms with Gasteiger partial charge in [-0.05, 0) is 44.0 Å². The number of hydrogen-bond acceptors (Lipinski definition) is 8. The summed E-state index contributed by atoms with van der Waals surface area (Å²) >= 11 is 1.29. The number of esters is 2. The van der Waals surface area contributed by atoms with Gasteiger partial charge in [-0.15, -0.1) is 11.3 Å². The molecule has 0 fully saturated rings. The van der Waals surface area contributed by atoms with Gasteiger partial charge in [-0.3, -0.25) is 9.78 Å². The molecule has 0 atom stereocenters. The first-order valence-electron chi connectivity index (χ1n) is 10.1. The smallest absolute Gasteiger partial charge is 0.341 e. The zero-order valence-corrected chi connectivity index (χ0v) is 18.8. The van der Waals surface area contributed by atoms with Crippen molar-refractivity contribution in [3.8, 4) is 0 Å². The molecule has 1 amide bonds. The van der Waals surface area contributed by atoms with Crippen molar-refractivity contribution < 1.29 is 23.9 Å². The summed E-state index contributed by atoms with van der Waals surface area (Å²) in [7, 11) is 0. The summed E-state index contributed by atoms with van der Waals surface area (Å²) in [4.78, 5) is 46.2. The number of fused-ring (bicyclic) bond motifs is 1. The van der Waals surface area contributed by atoms with E-state index in [1.807, 2.05) is 38.1 Å². The molecular weight excluding hydrogens is 430 g/mol. The molecule has 0 spiro atoms. The number of aryl methyl sites for hydroxylation is 1. The number of anilines is 1. The highest BCUT2D eigenvalue weighted by Crippen LogP contribution is 2.34. The van der Waals surface area contributed by atoms with Crippen molar-refractivity contribution in [2.45, 2.75) is 27.2 Å². The Hall–Kier alpha value is -3.59. The zero-order valence-electron chi connectivity index (χ0n) is 18.0. The lowest BCUT2D eigenvalue weighted by atomic mass is 10.1. The molecule has 0 aliphatic rings. The molecule has 32 heavy (non-hydrogen) atoms. The van der Waals surface area contributed by atoms with E-state index in [-0.39, 0.29) is 6.61 Å². The maximum atomic E-state index is 12.3. The molecule has 0 unspecified atom stereocenters. The molecule has 0 aliphatic carbocycles.